The number of allylic oxidation sites excluding steroid dienone is 4. The first-order chi connectivity index (χ1) is 19.4. The SMILES string of the molecule is CC(C)(C)c1ccc2c(c1)-c1cc(C(C)(C)C)ccc1C2C(C1=CC=CC1)(c1ccc(Cl)cc1)c1ccc(Cl)cc1. The van der Waals surface area contributed by atoms with Crippen LogP contribution < -0.4 is 0 Å². The summed E-state index contributed by atoms with van der Waals surface area (Å²) in [5.74, 6) is 0.0732. The fourth-order valence-electron chi connectivity index (χ4n) is 6.87. The van der Waals surface area contributed by atoms with E-state index in [1.165, 1.54) is 50.1 Å². The van der Waals surface area contributed by atoms with Crippen LogP contribution in [-0.2, 0) is 16.2 Å². The molecule has 2 aliphatic carbocycles. The van der Waals surface area contributed by atoms with E-state index >= 15 is 0 Å². The molecule has 208 valence electrons. The van der Waals surface area contributed by atoms with Gasteiger partial charge in [-0.1, -0.05) is 149 Å². The van der Waals surface area contributed by atoms with Gasteiger partial charge in [0.05, 0.1) is 5.41 Å². The van der Waals surface area contributed by atoms with E-state index in [1.807, 2.05) is 24.3 Å². The minimum Gasteiger partial charge on any atom is -0.0843 e. The molecule has 0 nitrogen and oxygen atoms in total. The Morgan fingerprint density at radius 1 is 0.561 bits per heavy atom. The molecule has 0 bridgehead atoms. The van der Waals surface area contributed by atoms with Gasteiger partial charge in [0.1, 0.15) is 0 Å². The molecular weight excluding hydrogens is 539 g/mol. The second-order valence-corrected chi connectivity index (χ2v) is 14.6. The summed E-state index contributed by atoms with van der Waals surface area (Å²) in [6.07, 6.45) is 7.71. The summed E-state index contributed by atoms with van der Waals surface area (Å²) in [7, 11) is 0. The lowest BCUT2D eigenvalue weighted by molar-refractivity contribution is 0.526. The Hall–Kier alpha value is -3.06. The molecule has 0 aromatic heterocycles. The molecule has 4 aromatic rings. The molecule has 0 N–H and O–H groups in total. The predicted molar refractivity (Wildman–Crippen MR) is 177 cm³/mol. The van der Waals surface area contributed by atoms with Crippen molar-refractivity contribution in [2.24, 2.45) is 0 Å². The molecule has 0 spiro atoms. The molecule has 0 atom stereocenters. The van der Waals surface area contributed by atoms with Gasteiger partial charge in [-0.25, -0.2) is 0 Å². The lowest BCUT2D eigenvalue weighted by Crippen LogP contribution is -2.37. The maximum Gasteiger partial charge on any atom is 0.0526 e. The Morgan fingerprint density at radius 2 is 0.976 bits per heavy atom. The fourth-order valence-corrected chi connectivity index (χ4v) is 7.12. The summed E-state index contributed by atoms with van der Waals surface area (Å²) in [5, 5.41) is 1.49. The standard InChI is InChI=1S/C39H38Cl2/c1-37(2,3)28-15-21-32-34(23-28)35-24-29(38(4,5)6)16-22-33(35)36(32)39(25-9-7-8-10-25,26-11-17-30(40)18-12-26)27-13-19-31(41)20-14-27/h7-9,11-24,36H,10H2,1-6H3. The van der Waals surface area contributed by atoms with Gasteiger partial charge in [-0.2, -0.15) is 0 Å². The average Bonchev–Trinajstić information content (AvgIpc) is 3.57. The molecule has 0 fully saturated rings. The molecular formula is C39H38Cl2. The monoisotopic (exact) mass is 576 g/mol. The molecule has 0 heterocycles. The highest BCUT2D eigenvalue weighted by molar-refractivity contribution is 6.30. The van der Waals surface area contributed by atoms with Crippen LogP contribution in [0.1, 0.15) is 87.3 Å². The Balaban J connectivity index is 1.74. The molecule has 0 amide bonds. The molecule has 4 aromatic carbocycles. The number of rotatable bonds is 4. The van der Waals surface area contributed by atoms with Crippen molar-refractivity contribution in [3.8, 4) is 11.1 Å². The van der Waals surface area contributed by atoms with Crippen molar-refractivity contribution in [1.29, 1.82) is 0 Å². The highest BCUT2D eigenvalue weighted by atomic mass is 35.5. The van der Waals surface area contributed by atoms with Crippen molar-refractivity contribution in [3.63, 3.8) is 0 Å². The Kier molecular flexibility index (Phi) is 6.88. The first-order valence-electron chi connectivity index (χ1n) is 14.6. The van der Waals surface area contributed by atoms with Crippen LogP contribution in [0.25, 0.3) is 11.1 Å². The first-order valence-corrected chi connectivity index (χ1v) is 15.3. The van der Waals surface area contributed by atoms with Gasteiger partial charge in [0.25, 0.3) is 0 Å². The third-order valence-corrected chi connectivity index (χ3v) is 9.56. The van der Waals surface area contributed by atoms with Crippen LogP contribution in [0.2, 0.25) is 10.0 Å². The number of benzene rings is 4. The smallest absolute Gasteiger partial charge is 0.0526 e. The molecule has 0 unspecified atom stereocenters. The maximum absolute atomic E-state index is 6.49. The highest BCUT2D eigenvalue weighted by Gasteiger charge is 2.50. The van der Waals surface area contributed by atoms with E-state index in [4.69, 9.17) is 23.2 Å². The molecule has 0 aliphatic heterocycles. The normalized spacial score (nSPS) is 15.2. The summed E-state index contributed by atoms with van der Waals surface area (Å²) in [4.78, 5) is 0. The number of hydrogen-bond donors (Lipinski definition) is 0. The predicted octanol–water partition coefficient (Wildman–Crippen LogP) is 11.6. The second-order valence-electron chi connectivity index (χ2n) is 13.7. The molecule has 41 heavy (non-hydrogen) atoms. The third kappa shape index (κ3) is 4.70. The van der Waals surface area contributed by atoms with Crippen LogP contribution in [0.4, 0.5) is 0 Å². The topological polar surface area (TPSA) is 0 Å². The number of hydrogen-bond acceptors (Lipinski definition) is 0. The van der Waals surface area contributed by atoms with Crippen molar-refractivity contribution in [2.75, 3.05) is 0 Å². The maximum atomic E-state index is 6.49. The van der Waals surface area contributed by atoms with E-state index in [0.29, 0.717) is 0 Å². The molecule has 6 rings (SSSR count). The van der Waals surface area contributed by atoms with Gasteiger partial charge >= 0.3 is 0 Å². The largest absolute Gasteiger partial charge is 0.0843 e. The Labute approximate surface area is 255 Å². The van der Waals surface area contributed by atoms with E-state index in [2.05, 4.69) is 120 Å². The Bertz CT molecular complexity index is 1560. The van der Waals surface area contributed by atoms with Gasteiger partial charge in [-0.15, -0.1) is 0 Å². The lowest BCUT2D eigenvalue weighted by atomic mass is 9.58. The van der Waals surface area contributed by atoms with Crippen LogP contribution in [0, 0.1) is 0 Å². The van der Waals surface area contributed by atoms with E-state index in [9.17, 15) is 0 Å². The minimum atomic E-state index is -0.453. The van der Waals surface area contributed by atoms with E-state index < -0.39 is 5.41 Å². The van der Waals surface area contributed by atoms with Gasteiger partial charge in [0.15, 0.2) is 0 Å². The second kappa shape index (κ2) is 10.0. The summed E-state index contributed by atoms with van der Waals surface area (Å²) < 4.78 is 0. The summed E-state index contributed by atoms with van der Waals surface area (Å²) in [5.41, 5.74) is 11.7. The molecule has 2 aliphatic rings. The van der Waals surface area contributed by atoms with Crippen LogP contribution >= 0.6 is 23.2 Å². The zero-order chi connectivity index (χ0) is 29.2. The van der Waals surface area contributed by atoms with Crippen LogP contribution in [0.15, 0.2) is 109 Å². The van der Waals surface area contributed by atoms with E-state index in [-0.39, 0.29) is 16.7 Å². The fraction of sp³-hybridized carbons (Fsp3) is 0.282. The van der Waals surface area contributed by atoms with Crippen molar-refractivity contribution >= 4 is 23.2 Å². The van der Waals surface area contributed by atoms with Crippen LogP contribution in [0.3, 0.4) is 0 Å². The van der Waals surface area contributed by atoms with E-state index in [0.717, 1.165) is 16.5 Å². The van der Waals surface area contributed by atoms with E-state index in [1.54, 1.807) is 0 Å². The summed E-state index contributed by atoms with van der Waals surface area (Å²) in [6.45, 7) is 13.8. The molecule has 2 heteroatoms. The quantitative estimate of drug-likeness (QED) is 0.226. The minimum absolute atomic E-state index is 0.0518. The van der Waals surface area contributed by atoms with Crippen molar-refractivity contribution in [2.45, 2.75) is 70.1 Å². The van der Waals surface area contributed by atoms with Gasteiger partial charge in [-0.05, 0) is 86.0 Å². The number of fused-ring (bicyclic) bond motifs is 3. The van der Waals surface area contributed by atoms with Crippen LogP contribution in [-0.4, -0.2) is 0 Å². The van der Waals surface area contributed by atoms with Gasteiger partial charge in [0.2, 0.25) is 0 Å². The van der Waals surface area contributed by atoms with Crippen LogP contribution in [0.5, 0.6) is 0 Å². The zero-order valence-corrected chi connectivity index (χ0v) is 26.4. The van der Waals surface area contributed by atoms with Crippen molar-refractivity contribution in [3.05, 3.63) is 152 Å². The van der Waals surface area contributed by atoms with Gasteiger partial charge in [-0.3, -0.25) is 0 Å². The molecule has 0 saturated carbocycles. The Morgan fingerprint density at radius 3 is 1.34 bits per heavy atom. The summed E-state index contributed by atoms with van der Waals surface area (Å²) in [6, 6.07) is 31.4. The third-order valence-electron chi connectivity index (χ3n) is 9.06. The number of halogens is 2. The lowest BCUT2D eigenvalue weighted by Gasteiger charge is -2.43. The molecule has 0 saturated heterocycles. The van der Waals surface area contributed by atoms with Crippen molar-refractivity contribution in [1.82, 2.24) is 0 Å². The zero-order valence-electron chi connectivity index (χ0n) is 24.9. The first kappa shape index (κ1) is 28.1. The molecule has 0 radical (unpaired) electrons. The highest BCUT2D eigenvalue weighted by Crippen LogP contribution is 2.61. The average molecular weight is 578 g/mol. The van der Waals surface area contributed by atoms with Gasteiger partial charge < -0.3 is 0 Å². The van der Waals surface area contributed by atoms with Gasteiger partial charge in [0, 0.05) is 16.0 Å². The summed E-state index contributed by atoms with van der Waals surface area (Å²) >= 11 is 13.0. The van der Waals surface area contributed by atoms with Crippen molar-refractivity contribution < 1.29 is 0 Å².